The van der Waals surface area contributed by atoms with Gasteiger partial charge in [-0.1, -0.05) is 18.2 Å². The van der Waals surface area contributed by atoms with E-state index in [1.807, 2.05) is 78.8 Å². The molecule has 0 atom stereocenters. The Morgan fingerprint density at radius 2 is 1.51 bits per heavy atom. The quantitative estimate of drug-likeness (QED) is 0.488. The fourth-order valence-electron chi connectivity index (χ4n) is 4.29. The smallest absolute Gasteiger partial charge is 0.253 e. The second-order valence-corrected chi connectivity index (χ2v) is 8.97. The van der Waals surface area contributed by atoms with Gasteiger partial charge in [0.2, 0.25) is 0 Å². The number of pyridine rings is 3. The van der Waals surface area contributed by atoms with Crippen molar-refractivity contribution in [2.75, 3.05) is 39.0 Å². The number of nitrogen functional groups attached to an aromatic ring is 1. The molecule has 176 valence electrons. The molecule has 0 saturated carbocycles. The van der Waals surface area contributed by atoms with Crippen LogP contribution in [0.15, 0.2) is 73.1 Å². The van der Waals surface area contributed by atoms with Gasteiger partial charge in [0, 0.05) is 61.0 Å². The van der Waals surface area contributed by atoms with E-state index in [2.05, 4.69) is 33.0 Å². The summed E-state index contributed by atoms with van der Waals surface area (Å²) in [5.74, 6) is 0.513. The molecule has 7 heteroatoms. The molecule has 4 heterocycles. The maximum atomic E-state index is 12.9. The van der Waals surface area contributed by atoms with Gasteiger partial charge in [-0.3, -0.25) is 14.8 Å². The van der Waals surface area contributed by atoms with Gasteiger partial charge in [-0.25, -0.2) is 4.98 Å². The highest BCUT2D eigenvalue weighted by atomic mass is 16.2. The number of hydrogen-bond donors (Lipinski definition) is 1. The third-order valence-corrected chi connectivity index (χ3v) is 6.32. The van der Waals surface area contributed by atoms with Gasteiger partial charge in [0.15, 0.2) is 0 Å². The monoisotopic (exact) mass is 464 g/mol. The van der Waals surface area contributed by atoms with Gasteiger partial charge in [0.1, 0.15) is 5.82 Å². The molecule has 2 N–H and O–H groups in total. The largest absolute Gasteiger partial charge is 0.384 e. The van der Waals surface area contributed by atoms with E-state index in [1.165, 1.54) is 0 Å². The second-order valence-electron chi connectivity index (χ2n) is 8.97. The van der Waals surface area contributed by atoms with Crippen molar-refractivity contribution in [1.29, 1.82) is 0 Å². The van der Waals surface area contributed by atoms with Gasteiger partial charge in [-0.05, 0) is 67.6 Å². The fourth-order valence-corrected chi connectivity index (χ4v) is 4.29. The van der Waals surface area contributed by atoms with E-state index >= 15 is 0 Å². The van der Waals surface area contributed by atoms with Crippen molar-refractivity contribution in [2.24, 2.45) is 0 Å². The van der Waals surface area contributed by atoms with Crippen LogP contribution < -0.4 is 5.73 Å². The number of likely N-dealkylation sites (N-methyl/N-ethyl adjacent to an activating group) is 1. The summed E-state index contributed by atoms with van der Waals surface area (Å²) in [6.45, 7) is 5.29. The number of carbonyl (C=O) groups is 1. The summed E-state index contributed by atoms with van der Waals surface area (Å²) >= 11 is 0. The zero-order valence-corrected chi connectivity index (χ0v) is 20.0. The minimum absolute atomic E-state index is 0.0843. The molecular formula is C28H28N6O. The molecule has 4 aromatic rings. The first-order valence-corrected chi connectivity index (χ1v) is 11.7. The Labute approximate surface area is 205 Å². The van der Waals surface area contributed by atoms with E-state index in [9.17, 15) is 4.79 Å². The number of piperazine rings is 1. The van der Waals surface area contributed by atoms with E-state index in [-0.39, 0.29) is 5.91 Å². The predicted octanol–water partition coefficient (Wildman–Crippen LogP) is 4.15. The molecule has 1 aliphatic heterocycles. The average Bonchev–Trinajstić information content (AvgIpc) is 2.88. The number of benzene rings is 1. The number of aryl methyl sites for hydroxylation is 1. The van der Waals surface area contributed by atoms with Gasteiger partial charge < -0.3 is 15.5 Å². The van der Waals surface area contributed by atoms with Crippen molar-refractivity contribution >= 4 is 11.7 Å². The lowest BCUT2D eigenvalue weighted by atomic mass is 10.0. The SMILES string of the molecule is Cc1cccc(-c2cc(-c3cncc(-c4ccc(C(=O)N5CCN(C)CC5)cc4)c3)cc(N)n2)n1. The van der Waals surface area contributed by atoms with E-state index < -0.39 is 0 Å². The summed E-state index contributed by atoms with van der Waals surface area (Å²) in [6, 6.07) is 19.5. The Balaban J connectivity index is 1.40. The third kappa shape index (κ3) is 5.05. The third-order valence-electron chi connectivity index (χ3n) is 6.32. The van der Waals surface area contributed by atoms with Gasteiger partial charge in [-0.15, -0.1) is 0 Å². The maximum Gasteiger partial charge on any atom is 0.253 e. The van der Waals surface area contributed by atoms with E-state index in [0.29, 0.717) is 11.4 Å². The highest BCUT2D eigenvalue weighted by molar-refractivity contribution is 5.95. The molecule has 0 unspecified atom stereocenters. The van der Waals surface area contributed by atoms with Crippen LogP contribution in [0.2, 0.25) is 0 Å². The first kappa shape index (κ1) is 22.7. The number of carbonyl (C=O) groups excluding carboxylic acids is 1. The summed E-state index contributed by atoms with van der Waals surface area (Å²) < 4.78 is 0. The minimum atomic E-state index is 0.0843. The van der Waals surface area contributed by atoms with Gasteiger partial charge in [0.25, 0.3) is 5.91 Å². The Hall–Kier alpha value is -4.10. The molecule has 7 nitrogen and oxygen atoms in total. The molecule has 0 aliphatic carbocycles. The summed E-state index contributed by atoms with van der Waals surface area (Å²) in [5, 5.41) is 0. The van der Waals surface area contributed by atoms with Crippen molar-refractivity contribution in [3.63, 3.8) is 0 Å². The first-order valence-electron chi connectivity index (χ1n) is 11.7. The van der Waals surface area contributed by atoms with E-state index in [4.69, 9.17) is 5.73 Å². The molecule has 1 saturated heterocycles. The van der Waals surface area contributed by atoms with Crippen molar-refractivity contribution in [2.45, 2.75) is 6.92 Å². The lowest BCUT2D eigenvalue weighted by molar-refractivity contribution is 0.0664. The Kier molecular flexibility index (Phi) is 6.25. The van der Waals surface area contributed by atoms with Crippen molar-refractivity contribution in [3.8, 4) is 33.6 Å². The molecule has 1 fully saturated rings. The van der Waals surface area contributed by atoms with E-state index in [1.54, 1.807) is 0 Å². The number of rotatable bonds is 4. The van der Waals surface area contributed by atoms with Crippen LogP contribution in [0.1, 0.15) is 16.1 Å². The number of hydrogen-bond acceptors (Lipinski definition) is 6. The Bertz CT molecular complexity index is 1360. The molecule has 1 aliphatic rings. The number of nitrogens with zero attached hydrogens (tertiary/aromatic N) is 5. The fraction of sp³-hybridized carbons (Fsp3) is 0.214. The standard InChI is InChI=1S/C28H28N6O/c1-19-4-3-5-25(31-19)26-15-22(16-27(29)32-26)24-14-23(17-30-18-24)20-6-8-21(9-7-20)28(35)34-12-10-33(2)11-13-34/h3-9,14-18H,10-13H2,1-2H3,(H2,29,32). The zero-order valence-electron chi connectivity index (χ0n) is 20.0. The first-order chi connectivity index (χ1) is 17.0. The molecule has 0 radical (unpaired) electrons. The molecular weight excluding hydrogens is 436 g/mol. The molecule has 3 aromatic heterocycles. The van der Waals surface area contributed by atoms with Crippen LogP contribution in [-0.4, -0.2) is 63.9 Å². The molecule has 1 amide bonds. The molecule has 0 spiro atoms. The summed E-state index contributed by atoms with van der Waals surface area (Å²) in [7, 11) is 2.08. The van der Waals surface area contributed by atoms with Crippen LogP contribution in [0.5, 0.6) is 0 Å². The Morgan fingerprint density at radius 1 is 0.800 bits per heavy atom. The summed E-state index contributed by atoms with van der Waals surface area (Å²) in [6.07, 6.45) is 3.64. The van der Waals surface area contributed by atoms with Crippen molar-refractivity contribution < 1.29 is 4.79 Å². The van der Waals surface area contributed by atoms with Crippen LogP contribution in [0.4, 0.5) is 5.82 Å². The average molecular weight is 465 g/mol. The minimum Gasteiger partial charge on any atom is -0.384 e. The topological polar surface area (TPSA) is 88.2 Å². The van der Waals surface area contributed by atoms with Gasteiger partial charge in [0.05, 0.1) is 11.4 Å². The zero-order chi connectivity index (χ0) is 24.4. The molecule has 0 bridgehead atoms. The van der Waals surface area contributed by atoms with Crippen LogP contribution in [0.25, 0.3) is 33.6 Å². The summed E-state index contributed by atoms with van der Waals surface area (Å²) in [5.41, 5.74) is 13.1. The van der Waals surface area contributed by atoms with Gasteiger partial charge in [-0.2, -0.15) is 0 Å². The van der Waals surface area contributed by atoms with Crippen LogP contribution in [-0.2, 0) is 0 Å². The van der Waals surface area contributed by atoms with Crippen LogP contribution in [0.3, 0.4) is 0 Å². The number of anilines is 1. The number of nitrogens with two attached hydrogens (primary N) is 1. The molecule has 35 heavy (non-hydrogen) atoms. The Morgan fingerprint density at radius 3 is 2.23 bits per heavy atom. The highest BCUT2D eigenvalue weighted by Gasteiger charge is 2.20. The predicted molar refractivity (Wildman–Crippen MR) is 139 cm³/mol. The number of amides is 1. The molecule has 1 aromatic carbocycles. The summed E-state index contributed by atoms with van der Waals surface area (Å²) in [4.78, 5) is 30.5. The number of aromatic nitrogens is 3. The normalized spacial score (nSPS) is 14.2. The van der Waals surface area contributed by atoms with Crippen LogP contribution >= 0.6 is 0 Å². The van der Waals surface area contributed by atoms with E-state index in [0.717, 1.165) is 65.5 Å². The molecule has 5 rings (SSSR count). The maximum absolute atomic E-state index is 12.9. The lowest BCUT2D eigenvalue weighted by Gasteiger charge is -2.32. The van der Waals surface area contributed by atoms with Gasteiger partial charge >= 0.3 is 0 Å². The van der Waals surface area contributed by atoms with Crippen molar-refractivity contribution in [1.82, 2.24) is 24.8 Å². The lowest BCUT2D eigenvalue weighted by Crippen LogP contribution is -2.47. The highest BCUT2D eigenvalue weighted by Crippen LogP contribution is 2.29. The second kappa shape index (κ2) is 9.64. The van der Waals surface area contributed by atoms with Crippen molar-refractivity contribution in [3.05, 3.63) is 84.3 Å². The van der Waals surface area contributed by atoms with Crippen LogP contribution in [0, 0.1) is 6.92 Å².